The maximum atomic E-state index is 13.8. The van der Waals surface area contributed by atoms with Crippen LogP contribution >= 0.6 is 27.5 Å². The second-order valence-electron chi connectivity index (χ2n) is 5.61. The number of carbonyl (C=O) groups is 2. The van der Waals surface area contributed by atoms with E-state index in [1.807, 2.05) is 0 Å². The predicted molar refractivity (Wildman–Crippen MR) is 104 cm³/mol. The molecule has 0 aliphatic heterocycles. The van der Waals surface area contributed by atoms with E-state index in [4.69, 9.17) is 11.6 Å². The number of nitrogens with one attached hydrogen (secondary N) is 1. The van der Waals surface area contributed by atoms with Crippen LogP contribution in [-0.2, 0) is 0 Å². The summed E-state index contributed by atoms with van der Waals surface area (Å²) in [7, 11) is 0. The minimum absolute atomic E-state index is 0.00248. The van der Waals surface area contributed by atoms with Gasteiger partial charge in [0.25, 0.3) is 5.91 Å². The number of aromatic nitrogens is 2. The molecule has 0 aliphatic rings. The Balaban J connectivity index is 1.82. The first-order valence-electron chi connectivity index (χ1n) is 7.89. The number of carbonyl (C=O) groups excluding carboxylic acids is 2. The Morgan fingerprint density at radius 2 is 1.75 bits per heavy atom. The van der Waals surface area contributed by atoms with Gasteiger partial charge in [-0.1, -0.05) is 34.1 Å². The predicted octanol–water partition coefficient (Wildman–Crippen LogP) is 4.98. The van der Waals surface area contributed by atoms with Crippen molar-refractivity contribution in [2.24, 2.45) is 0 Å². The summed E-state index contributed by atoms with van der Waals surface area (Å²) in [6, 6.07) is 10.6. The van der Waals surface area contributed by atoms with E-state index in [9.17, 15) is 18.4 Å². The van der Waals surface area contributed by atoms with E-state index < -0.39 is 27.9 Å². The normalized spacial score (nSPS) is 11.7. The zero-order valence-corrected chi connectivity index (χ0v) is 16.3. The van der Waals surface area contributed by atoms with Gasteiger partial charge in [-0.15, -0.1) is 0 Å². The van der Waals surface area contributed by atoms with Crippen LogP contribution in [0.4, 0.5) is 14.5 Å². The summed E-state index contributed by atoms with van der Waals surface area (Å²) < 4.78 is 27.5. The average Bonchev–Trinajstić information content (AvgIpc) is 2.67. The minimum atomic E-state index is -0.981. The van der Waals surface area contributed by atoms with E-state index in [1.54, 1.807) is 6.07 Å². The number of benzene rings is 2. The lowest BCUT2D eigenvalue weighted by Gasteiger charge is -2.11. The topological polar surface area (TPSA) is 72.0 Å². The number of hydrogen-bond acceptors (Lipinski definition) is 4. The van der Waals surface area contributed by atoms with Gasteiger partial charge in [0.15, 0.2) is 5.78 Å². The smallest absolute Gasteiger partial charge is 0.261 e. The molecule has 0 saturated carbocycles. The van der Waals surface area contributed by atoms with Gasteiger partial charge in [0.1, 0.15) is 22.0 Å². The number of ketones is 1. The van der Waals surface area contributed by atoms with Crippen molar-refractivity contribution in [2.75, 3.05) is 5.32 Å². The minimum Gasteiger partial charge on any atom is -0.322 e. The van der Waals surface area contributed by atoms with Crippen LogP contribution in [0.5, 0.6) is 0 Å². The molecular weight excluding hydrogens is 456 g/mol. The van der Waals surface area contributed by atoms with E-state index in [0.29, 0.717) is 5.69 Å². The van der Waals surface area contributed by atoms with Gasteiger partial charge in [-0.05, 0) is 41.9 Å². The Labute approximate surface area is 171 Å². The third-order valence-corrected chi connectivity index (χ3v) is 4.80. The molecule has 28 heavy (non-hydrogen) atoms. The fourth-order valence-electron chi connectivity index (χ4n) is 2.43. The van der Waals surface area contributed by atoms with Crippen molar-refractivity contribution >= 4 is 44.9 Å². The Bertz CT molecular complexity index is 1040. The third-order valence-electron chi connectivity index (χ3n) is 3.73. The first kappa shape index (κ1) is 20.0. The highest BCUT2D eigenvalue weighted by Gasteiger charge is 2.22. The Morgan fingerprint density at radius 3 is 2.43 bits per heavy atom. The molecular formula is C19H11BrClF2N3O2. The Hall–Kier alpha value is -2.71. The number of rotatable bonds is 5. The van der Waals surface area contributed by atoms with Crippen molar-refractivity contribution in [1.82, 2.24) is 9.97 Å². The molecule has 1 unspecified atom stereocenters. The maximum Gasteiger partial charge on any atom is 0.261 e. The van der Waals surface area contributed by atoms with Gasteiger partial charge >= 0.3 is 0 Å². The molecule has 1 atom stereocenters. The molecule has 0 aliphatic carbocycles. The molecule has 9 heteroatoms. The highest BCUT2D eigenvalue weighted by molar-refractivity contribution is 9.09. The molecule has 2 aromatic carbocycles. The molecule has 1 N–H and O–H groups in total. The largest absolute Gasteiger partial charge is 0.322 e. The molecule has 1 amide bonds. The molecule has 1 aromatic heterocycles. The SMILES string of the molecule is O=C(Nc1cccc(C(=O)C(Br)c2ccnc(Cl)n2)c1)c1c(F)cccc1F. The van der Waals surface area contributed by atoms with Crippen LogP contribution in [0.25, 0.3) is 0 Å². The number of alkyl halides is 1. The highest BCUT2D eigenvalue weighted by atomic mass is 79.9. The average molecular weight is 467 g/mol. The van der Waals surface area contributed by atoms with Crippen molar-refractivity contribution in [3.63, 3.8) is 0 Å². The molecule has 0 radical (unpaired) electrons. The monoisotopic (exact) mass is 465 g/mol. The zero-order chi connectivity index (χ0) is 20.3. The van der Waals surface area contributed by atoms with Crippen LogP contribution in [0.1, 0.15) is 31.2 Å². The van der Waals surface area contributed by atoms with Gasteiger partial charge < -0.3 is 5.32 Å². The van der Waals surface area contributed by atoms with Crippen LogP contribution in [0.15, 0.2) is 54.7 Å². The van der Waals surface area contributed by atoms with Crippen LogP contribution < -0.4 is 5.32 Å². The van der Waals surface area contributed by atoms with Gasteiger partial charge in [-0.2, -0.15) is 0 Å². The molecule has 0 bridgehead atoms. The summed E-state index contributed by atoms with van der Waals surface area (Å²) in [6.07, 6.45) is 1.42. The molecule has 0 fully saturated rings. The number of amides is 1. The molecule has 1 heterocycles. The van der Waals surface area contributed by atoms with Crippen LogP contribution in [-0.4, -0.2) is 21.7 Å². The Kier molecular flexibility index (Phi) is 6.11. The molecule has 3 aromatic rings. The lowest BCUT2D eigenvalue weighted by molar-refractivity contribution is 0.0986. The van der Waals surface area contributed by atoms with Crippen LogP contribution in [0.3, 0.4) is 0 Å². The number of Topliss-reactive ketones (excluding diaryl/α,β-unsaturated/α-hetero) is 1. The second kappa shape index (κ2) is 8.53. The van der Waals surface area contributed by atoms with E-state index in [1.165, 1.54) is 30.5 Å². The fraction of sp³-hybridized carbons (Fsp3) is 0.0526. The van der Waals surface area contributed by atoms with E-state index in [-0.39, 0.29) is 22.3 Å². The molecule has 3 rings (SSSR count). The van der Waals surface area contributed by atoms with Gasteiger partial charge in [-0.25, -0.2) is 18.7 Å². The van der Waals surface area contributed by atoms with Crippen LogP contribution in [0.2, 0.25) is 5.28 Å². The van der Waals surface area contributed by atoms with Crippen molar-refractivity contribution in [1.29, 1.82) is 0 Å². The maximum absolute atomic E-state index is 13.8. The summed E-state index contributed by atoms with van der Waals surface area (Å²) in [5, 5.41) is 2.39. The number of nitrogens with zero attached hydrogens (tertiary/aromatic N) is 2. The Morgan fingerprint density at radius 1 is 1.07 bits per heavy atom. The quantitative estimate of drug-likeness (QED) is 0.327. The third kappa shape index (κ3) is 4.40. The number of anilines is 1. The summed E-state index contributed by atoms with van der Waals surface area (Å²) in [4.78, 5) is 31.9. The summed E-state index contributed by atoms with van der Waals surface area (Å²) in [6.45, 7) is 0. The zero-order valence-electron chi connectivity index (χ0n) is 14.0. The van der Waals surface area contributed by atoms with Crippen molar-refractivity contribution < 1.29 is 18.4 Å². The number of halogens is 4. The lowest BCUT2D eigenvalue weighted by atomic mass is 10.1. The second-order valence-corrected chi connectivity index (χ2v) is 6.86. The summed E-state index contributed by atoms with van der Waals surface area (Å²) >= 11 is 9.01. The lowest BCUT2D eigenvalue weighted by Crippen LogP contribution is -2.16. The van der Waals surface area contributed by atoms with E-state index >= 15 is 0 Å². The van der Waals surface area contributed by atoms with Crippen molar-refractivity contribution in [2.45, 2.75) is 4.83 Å². The fourth-order valence-corrected chi connectivity index (χ4v) is 3.10. The molecule has 142 valence electrons. The molecule has 0 saturated heterocycles. The van der Waals surface area contributed by atoms with Crippen LogP contribution in [0, 0.1) is 11.6 Å². The van der Waals surface area contributed by atoms with Gasteiger partial charge in [0.2, 0.25) is 5.28 Å². The molecule has 5 nitrogen and oxygen atoms in total. The first-order chi connectivity index (χ1) is 13.4. The molecule has 0 spiro atoms. The van der Waals surface area contributed by atoms with E-state index in [2.05, 4.69) is 31.2 Å². The summed E-state index contributed by atoms with van der Waals surface area (Å²) in [5.74, 6) is -3.27. The van der Waals surface area contributed by atoms with Gasteiger partial charge in [-0.3, -0.25) is 9.59 Å². The van der Waals surface area contributed by atoms with Crippen molar-refractivity contribution in [3.05, 3.63) is 88.5 Å². The number of hydrogen-bond donors (Lipinski definition) is 1. The van der Waals surface area contributed by atoms with Gasteiger partial charge in [0.05, 0.1) is 5.69 Å². The standard InChI is InChI=1S/C19H11BrClF2N3O2/c20-16(14-7-8-24-19(21)26-14)17(27)10-3-1-4-11(9-10)25-18(28)15-12(22)5-2-6-13(15)23/h1-9,16H,(H,25,28). The van der Waals surface area contributed by atoms with E-state index in [0.717, 1.165) is 18.2 Å². The van der Waals surface area contributed by atoms with Gasteiger partial charge in [0, 0.05) is 17.4 Å². The highest BCUT2D eigenvalue weighted by Crippen LogP contribution is 2.27. The first-order valence-corrected chi connectivity index (χ1v) is 9.18. The van der Waals surface area contributed by atoms with Crippen molar-refractivity contribution in [3.8, 4) is 0 Å². The summed E-state index contributed by atoms with van der Waals surface area (Å²) in [5.41, 5.74) is 0.128.